The van der Waals surface area contributed by atoms with E-state index >= 15 is 0 Å². The van der Waals surface area contributed by atoms with E-state index in [4.69, 9.17) is 4.42 Å². The van der Waals surface area contributed by atoms with E-state index in [2.05, 4.69) is 19.2 Å². The van der Waals surface area contributed by atoms with Crippen molar-refractivity contribution in [1.29, 1.82) is 0 Å². The lowest BCUT2D eigenvalue weighted by atomic mass is 9.95. The van der Waals surface area contributed by atoms with Crippen molar-refractivity contribution in [2.24, 2.45) is 0 Å². The quantitative estimate of drug-likeness (QED) is 0.696. The third kappa shape index (κ3) is 3.40. The molecule has 25 heavy (non-hydrogen) atoms. The van der Waals surface area contributed by atoms with Crippen LogP contribution in [-0.4, -0.2) is 5.91 Å². The lowest BCUT2D eigenvalue weighted by Gasteiger charge is -2.10. The number of amides is 1. The van der Waals surface area contributed by atoms with Gasteiger partial charge in [0.15, 0.2) is 0 Å². The second-order valence-electron chi connectivity index (χ2n) is 6.44. The zero-order valence-corrected chi connectivity index (χ0v) is 14.3. The van der Waals surface area contributed by atoms with Crippen LogP contribution in [0.15, 0.2) is 41.0 Å². The van der Waals surface area contributed by atoms with Gasteiger partial charge in [0.2, 0.25) is 5.91 Å². The van der Waals surface area contributed by atoms with E-state index in [9.17, 15) is 13.6 Å². The Hall–Kier alpha value is -2.69. The smallest absolute Gasteiger partial charge is 0.229 e. The zero-order chi connectivity index (χ0) is 18.1. The van der Waals surface area contributed by atoms with E-state index in [1.165, 1.54) is 17.9 Å². The van der Waals surface area contributed by atoms with Gasteiger partial charge in [-0.15, -0.1) is 0 Å². The Morgan fingerprint density at radius 3 is 2.52 bits per heavy atom. The van der Waals surface area contributed by atoms with Gasteiger partial charge in [-0.1, -0.05) is 19.9 Å². The van der Waals surface area contributed by atoms with Crippen LogP contribution in [0.3, 0.4) is 0 Å². The number of halogens is 2. The van der Waals surface area contributed by atoms with Crippen LogP contribution in [0, 0.1) is 18.6 Å². The summed E-state index contributed by atoms with van der Waals surface area (Å²) < 4.78 is 32.8. The van der Waals surface area contributed by atoms with E-state index in [1.54, 1.807) is 0 Å². The van der Waals surface area contributed by atoms with Crippen molar-refractivity contribution in [2.75, 3.05) is 5.32 Å². The molecule has 3 rings (SSSR count). The number of nitrogens with one attached hydrogen (secondary N) is 1. The molecule has 0 aliphatic carbocycles. The summed E-state index contributed by atoms with van der Waals surface area (Å²) in [5.74, 6) is -1.77. The van der Waals surface area contributed by atoms with Gasteiger partial charge < -0.3 is 9.73 Å². The van der Waals surface area contributed by atoms with Gasteiger partial charge in [0.25, 0.3) is 0 Å². The van der Waals surface area contributed by atoms with E-state index in [0.29, 0.717) is 17.1 Å². The molecule has 0 saturated carbocycles. The van der Waals surface area contributed by atoms with E-state index in [1.807, 2.05) is 19.1 Å². The average molecular weight is 343 g/mol. The lowest BCUT2D eigenvalue weighted by molar-refractivity contribution is -0.115. The molecule has 1 heterocycles. The van der Waals surface area contributed by atoms with Crippen LogP contribution < -0.4 is 5.32 Å². The van der Waals surface area contributed by atoms with Crippen LogP contribution in [0.1, 0.15) is 36.5 Å². The number of hydrogen-bond acceptors (Lipinski definition) is 2. The molecule has 3 aromatic rings. The summed E-state index contributed by atoms with van der Waals surface area (Å²) in [6, 6.07) is 7.42. The van der Waals surface area contributed by atoms with Gasteiger partial charge >= 0.3 is 0 Å². The van der Waals surface area contributed by atoms with Gasteiger partial charge in [-0.3, -0.25) is 4.79 Å². The standard InChI is InChI=1S/C20H19F2NO2/c1-11(2)14-9-15-13(10-25-18(15)7-12(14)3)8-19(24)23-20-16(21)5-4-6-17(20)22/h4-7,9-11H,8H2,1-3H3,(H,23,24). The highest BCUT2D eigenvalue weighted by Gasteiger charge is 2.16. The first-order valence-electron chi connectivity index (χ1n) is 8.11. The van der Waals surface area contributed by atoms with Gasteiger partial charge in [-0.2, -0.15) is 0 Å². The highest BCUT2D eigenvalue weighted by atomic mass is 19.1. The number of para-hydroxylation sites is 1. The SMILES string of the molecule is Cc1cc2occ(CC(=O)Nc3c(F)cccc3F)c2cc1C(C)C. The number of carbonyl (C=O) groups excluding carboxylic acids is 1. The number of hydrogen-bond donors (Lipinski definition) is 1. The number of rotatable bonds is 4. The molecule has 0 aliphatic heterocycles. The Kier molecular flexibility index (Phi) is 4.57. The molecule has 0 atom stereocenters. The summed E-state index contributed by atoms with van der Waals surface area (Å²) in [4.78, 5) is 12.2. The molecule has 0 aliphatic rings. The molecule has 1 amide bonds. The summed E-state index contributed by atoms with van der Waals surface area (Å²) in [6.45, 7) is 6.22. The first-order chi connectivity index (χ1) is 11.9. The third-order valence-electron chi connectivity index (χ3n) is 4.24. The van der Waals surface area contributed by atoms with Crippen molar-refractivity contribution in [3.8, 4) is 0 Å². The minimum atomic E-state index is -0.803. The molecule has 5 heteroatoms. The zero-order valence-electron chi connectivity index (χ0n) is 14.3. The first-order valence-corrected chi connectivity index (χ1v) is 8.11. The molecule has 0 bridgehead atoms. The summed E-state index contributed by atoms with van der Waals surface area (Å²) in [5.41, 5.74) is 3.25. The molecular weight excluding hydrogens is 324 g/mol. The minimum absolute atomic E-state index is 0.0264. The van der Waals surface area contributed by atoms with Gasteiger partial charge in [-0.25, -0.2) is 8.78 Å². The Bertz CT molecular complexity index is 924. The Balaban J connectivity index is 1.88. The summed E-state index contributed by atoms with van der Waals surface area (Å²) in [7, 11) is 0. The van der Waals surface area contributed by atoms with Crippen LogP contribution >= 0.6 is 0 Å². The highest BCUT2D eigenvalue weighted by Crippen LogP contribution is 2.29. The van der Waals surface area contributed by atoms with Crippen LogP contribution in [0.5, 0.6) is 0 Å². The van der Waals surface area contributed by atoms with Crippen molar-refractivity contribution in [2.45, 2.75) is 33.1 Å². The maximum absolute atomic E-state index is 13.7. The molecule has 0 unspecified atom stereocenters. The van der Waals surface area contributed by atoms with Gasteiger partial charge in [0.1, 0.15) is 22.9 Å². The third-order valence-corrected chi connectivity index (χ3v) is 4.24. The Morgan fingerprint density at radius 2 is 1.88 bits per heavy atom. The van der Waals surface area contributed by atoms with Gasteiger partial charge in [0, 0.05) is 10.9 Å². The van der Waals surface area contributed by atoms with Crippen molar-refractivity contribution in [3.63, 3.8) is 0 Å². The van der Waals surface area contributed by atoms with Crippen LogP contribution in [0.25, 0.3) is 11.0 Å². The number of furan rings is 1. The largest absolute Gasteiger partial charge is 0.464 e. The summed E-state index contributed by atoms with van der Waals surface area (Å²) in [5, 5.41) is 3.15. The molecule has 0 saturated heterocycles. The van der Waals surface area contributed by atoms with Crippen LogP contribution in [-0.2, 0) is 11.2 Å². The van der Waals surface area contributed by atoms with E-state index in [0.717, 1.165) is 23.1 Å². The van der Waals surface area contributed by atoms with Crippen molar-refractivity contribution < 1.29 is 18.0 Å². The summed E-state index contributed by atoms with van der Waals surface area (Å²) >= 11 is 0. The predicted octanol–water partition coefficient (Wildman–Crippen LogP) is 5.32. The average Bonchev–Trinajstić information content (AvgIpc) is 2.92. The molecule has 1 N–H and O–H groups in total. The number of fused-ring (bicyclic) bond motifs is 1. The predicted molar refractivity (Wildman–Crippen MR) is 93.7 cm³/mol. The normalized spacial score (nSPS) is 11.3. The van der Waals surface area contributed by atoms with Crippen molar-refractivity contribution in [3.05, 3.63) is 64.9 Å². The maximum atomic E-state index is 13.7. The molecule has 130 valence electrons. The Morgan fingerprint density at radius 1 is 1.20 bits per heavy atom. The van der Waals surface area contributed by atoms with E-state index < -0.39 is 23.2 Å². The highest BCUT2D eigenvalue weighted by molar-refractivity contribution is 5.95. The molecule has 0 radical (unpaired) electrons. The molecule has 0 fully saturated rings. The topological polar surface area (TPSA) is 42.2 Å². The molecule has 0 spiro atoms. The second kappa shape index (κ2) is 6.67. The number of aryl methyl sites for hydroxylation is 1. The van der Waals surface area contributed by atoms with Crippen molar-refractivity contribution >= 4 is 22.6 Å². The lowest BCUT2D eigenvalue weighted by Crippen LogP contribution is -2.16. The second-order valence-corrected chi connectivity index (χ2v) is 6.44. The van der Waals surface area contributed by atoms with Crippen molar-refractivity contribution in [1.82, 2.24) is 0 Å². The molecule has 2 aromatic carbocycles. The maximum Gasteiger partial charge on any atom is 0.229 e. The monoisotopic (exact) mass is 343 g/mol. The van der Waals surface area contributed by atoms with Crippen LogP contribution in [0.2, 0.25) is 0 Å². The summed E-state index contributed by atoms with van der Waals surface area (Å²) in [6.07, 6.45) is 1.49. The fourth-order valence-corrected chi connectivity index (χ4v) is 2.98. The number of carbonyl (C=O) groups is 1. The molecule has 1 aromatic heterocycles. The van der Waals surface area contributed by atoms with E-state index in [-0.39, 0.29) is 6.42 Å². The van der Waals surface area contributed by atoms with Gasteiger partial charge in [-0.05, 0) is 48.2 Å². The Labute approximate surface area is 144 Å². The van der Waals surface area contributed by atoms with Crippen LogP contribution in [0.4, 0.5) is 14.5 Å². The van der Waals surface area contributed by atoms with Gasteiger partial charge in [0.05, 0.1) is 12.7 Å². The first kappa shape index (κ1) is 17.1. The number of anilines is 1. The minimum Gasteiger partial charge on any atom is -0.464 e. The number of benzene rings is 2. The molecular formula is C20H19F2NO2. The fourth-order valence-electron chi connectivity index (χ4n) is 2.98. The fraction of sp³-hybridized carbons (Fsp3) is 0.250. The molecule has 3 nitrogen and oxygen atoms in total.